The standard InChI is InChI=1S/C20H30O2/c1-4-5-12(2)11-22-19(21)20(3)10-15-9-16(20)18-14-7-6-13(8-14)17(15)18/h6-7,12-18H,4-5,8-11H2,1-3H3. The Morgan fingerprint density at radius 2 is 2.00 bits per heavy atom. The van der Waals surface area contributed by atoms with Gasteiger partial charge in [0.25, 0.3) is 0 Å². The van der Waals surface area contributed by atoms with E-state index in [1.54, 1.807) is 0 Å². The van der Waals surface area contributed by atoms with Crippen LogP contribution in [0.25, 0.3) is 0 Å². The molecule has 8 atom stereocenters. The van der Waals surface area contributed by atoms with Crippen LogP contribution in [0.4, 0.5) is 0 Å². The van der Waals surface area contributed by atoms with Crippen molar-refractivity contribution in [2.24, 2.45) is 46.8 Å². The summed E-state index contributed by atoms with van der Waals surface area (Å²) in [6.07, 6.45) is 10.9. The van der Waals surface area contributed by atoms with Crippen molar-refractivity contribution in [2.75, 3.05) is 6.61 Å². The van der Waals surface area contributed by atoms with Gasteiger partial charge in [0.05, 0.1) is 12.0 Å². The largest absolute Gasteiger partial charge is 0.465 e. The van der Waals surface area contributed by atoms with Crippen LogP contribution in [0.3, 0.4) is 0 Å². The Kier molecular flexibility index (Phi) is 3.43. The molecule has 0 heterocycles. The Morgan fingerprint density at radius 3 is 2.73 bits per heavy atom. The molecule has 2 heteroatoms. The van der Waals surface area contributed by atoms with Gasteiger partial charge in [-0.1, -0.05) is 32.4 Å². The molecule has 22 heavy (non-hydrogen) atoms. The van der Waals surface area contributed by atoms with Gasteiger partial charge in [0.2, 0.25) is 0 Å². The van der Waals surface area contributed by atoms with Crippen molar-refractivity contribution in [1.82, 2.24) is 0 Å². The van der Waals surface area contributed by atoms with Crippen LogP contribution in [0.1, 0.15) is 52.9 Å². The number of carbonyl (C=O) groups excluding carboxylic acids is 1. The molecule has 3 saturated carbocycles. The third kappa shape index (κ3) is 1.95. The number of allylic oxidation sites excluding steroid dienone is 2. The highest BCUT2D eigenvalue weighted by Gasteiger charge is 2.66. The number of hydrogen-bond acceptors (Lipinski definition) is 2. The molecule has 2 nitrogen and oxygen atoms in total. The second kappa shape index (κ2) is 5.11. The van der Waals surface area contributed by atoms with Crippen LogP contribution in [0.15, 0.2) is 12.2 Å². The minimum Gasteiger partial charge on any atom is -0.465 e. The van der Waals surface area contributed by atoms with E-state index in [1.807, 2.05) is 0 Å². The van der Waals surface area contributed by atoms with E-state index in [-0.39, 0.29) is 11.4 Å². The van der Waals surface area contributed by atoms with Crippen molar-refractivity contribution in [1.29, 1.82) is 0 Å². The molecule has 4 rings (SSSR count). The van der Waals surface area contributed by atoms with Gasteiger partial charge in [-0.25, -0.2) is 0 Å². The Bertz CT molecular complexity index is 496. The second-order valence-electron chi connectivity index (χ2n) is 8.82. The monoisotopic (exact) mass is 302 g/mol. The molecule has 0 aromatic heterocycles. The molecular weight excluding hydrogens is 272 g/mol. The van der Waals surface area contributed by atoms with Crippen molar-refractivity contribution in [3.05, 3.63) is 12.2 Å². The van der Waals surface area contributed by atoms with Crippen molar-refractivity contribution in [3.63, 3.8) is 0 Å². The molecule has 0 aliphatic heterocycles. The van der Waals surface area contributed by atoms with Gasteiger partial charge in [-0.15, -0.1) is 0 Å². The van der Waals surface area contributed by atoms with Crippen LogP contribution in [-0.4, -0.2) is 12.6 Å². The molecule has 0 amide bonds. The molecule has 4 bridgehead atoms. The Hall–Kier alpha value is -0.790. The fourth-order valence-electron chi connectivity index (χ4n) is 6.56. The minimum atomic E-state index is -0.198. The summed E-state index contributed by atoms with van der Waals surface area (Å²) in [4.78, 5) is 12.8. The van der Waals surface area contributed by atoms with E-state index in [9.17, 15) is 4.79 Å². The highest BCUT2D eigenvalue weighted by atomic mass is 16.5. The van der Waals surface area contributed by atoms with E-state index in [0.717, 1.165) is 42.4 Å². The van der Waals surface area contributed by atoms with Crippen molar-refractivity contribution in [2.45, 2.75) is 52.9 Å². The van der Waals surface area contributed by atoms with Gasteiger partial charge in [-0.05, 0) is 74.0 Å². The van der Waals surface area contributed by atoms with Crippen molar-refractivity contribution in [3.8, 4) is 0 Å². The van der Waals surface area contributed by atoms with E-state index in [0.29, 0.717) is 18.4 Å². The number of rotatable bonds is 5. The molecule has 4 aliphatic carbocycles. The molecule has 0 spiro atoms. The van der Waals surface area contributed by atoms with Gasteiger partial charge >= 0.3 is 5.97 Å². The fraction of sp³-hybridized carbons (Fsp3) is 0.850. The lowest BCUT2D eigenvalue weighted by Crippen LogP contribution is -2.43. The summed E-state index contributed by atoms with van der Waals surface area (Å²) in [6.45, 7) is 7.20. The SMILES string of the molecule is CCCC(C)COC(=O)C1(C)CC2CC1C1C3C=CC(C3)C21. The van der Waals surface area contributed by atoms with Crippen LogP contribution in [0.2, 0.25) is 0 Å². The van der Waals surface area contributed by atoms with Crippen molar-refractivity contribution >= 4 is 5.97 Å². The third-order valence-electron chi connectivity index (χ3n) is 7.40. The van der Waals surface area contributed by atoms with Crippen LogP contribution in [-0.2, 0) is 9.53 Å². The van der Waals surface area contributed by atoms with Crippen LogP contribution >= 0.6 is 0 Å². The summed E-state index contributed by atoms with van der Waals surface area (Å²) in [6, 6.07) is 0. The fourth-order valence-corrected chi connectivity index (χ4v) is 6.56. The van der Waals surface area contributed by atoms with E-state index in [2.05, 4.69) is 32.9 Å². The number of fused-ring (bicyclic) bond motifs is 9. The van der Waals surface area contributed by atoms with Gasteiger partial charge in [-0.3, -0.25) is 4.79 Å². The average Bonchev–Trinajstić information content (AvgIpc) is 3.22. The molecule has 122 valence electrons. The summed E-state index contributed by atoms with van der Waals surface area (Å²) >= 11 is 0. The highest BCUT2D eigenvalue weighted by molar-refractivity contribution is 5.77. The predicted octanol–water partition coefficient (Wildman–Crippen LogP) is 4.45. The molecular formula is C20H30O2. The van der Waals surface area contributed by atoms with Crippen LogP contribution < -0.4 is 0 Å². The average molecular weight is 302 g/mol. The minimum absolute atomic E-state index is 0.105. The maximum Gasteiger partial charge on any atom is 0.312 e. The predicted molar refractivity (Wildman–Crippen MR) is 87.1 cm³/mol. The summed E-state index contributed by atoms with van der Waals surface area (Å²) in [7, 11) is 0. The molecule has 0 N–H and O–H groups in total. The van der Waals surface area contributed by atoms with Gasteiger partial charge < -0.3 is 4.74 Å². The second-order valence-corrected chi connectivity index (χ2v) is 8.82. The van der Waals surface area contributed by atoms with E-state index in [4.69, 9.17) is 4.74 Å². The zero-order valence-electron chi connectivity index (χ0n) is 14.3. The topological polar surface area (TPSA) is 26.3 Å². The normalized spacial score (nSPS) is 48.7. The van der Waals surface area contributed by atoms with Crippen LogP contribution in [0.5, 0.6) is 0 Å². The first-order chi connectivity index (χ1) is 10.5. The zero-order chi connectivity index (χ0) is 15.5. The molecule has 8 unspecified atom stereocenters. The summed E-state index contributed by atoms with van der Waals surface area (Å²) in [5.41, 5.74) is -0.198. The number of ether oxygens (including phenoxy) is 1. The summed E-state index contributed by atoms with van der Waals surface area (Å²) < 4.78 is 5.77. The first kappa shape index (κ1) is 14.8. The van der Waals surface area contributed by atoms with E-state index < -0.39 is 0 Å². The lowest BCUT2D eigenvalue weighted by Gasteiger charge is -2.41. The number of esters is 1. The lowest BCUT2D eigenvalue weighted by atomic mass is 9.63. The Morgan fingerprint density at radius 1 is 1.27 bits per heavy atom. The Labute approximate surface area is 134 Å². The molecule has 3 fully saturated rings. The van der Waals surface area contributed by atoms with Gasteiger partial charge in [0.15, 0.2) is 0 Å². The maximum absolute atomic E-state index is 12.8. The zero-order valence-corrected chi connectivity index (χ0v) is 14.3. The number of carbonyl (C=O) groups is 1. The quantitative estimate of drug-likeness (QED) is 0.426. The molecule has 0 aromatic carbocycles. The van der Waals surface area contributed by atoms with E-state index >= 15 is 0 Å². The first-order valence-electron chi connectivity index (χ1n) is 9.40. The molecule has 0 saturated heterocycles. The summed E-state index contributed by atoms with van der Waals surface area (Å²) in [5.74, 6) is 5.21. The molecule has 0 aromatic rings. The summed E-state index contributed by atoms with van der Waals surface area (Å²) in [5, 5.41) is 0. The smallest absolute Gasteiger partial charge is 0.312 e. The van der Waals surface area contributed by atoms with Gasteiger partial charge in [0, 0.05) is 0 Å². The van der Waals surface area contributed by atoms with Gasteiger partial charge in [-0.2, -0.15) is 0 Å². The lowest BCUT2D eigenvalue weighted by molar-refractivity contribution is -0.162. The number of hydrogen-bond donors (Lipinski definition) is 0. The van der Waals surface area contributed by atoms with Crippen LogP contribution in [0, 0.1) is 46.8 Å². The molecule has 4 aliphatic rings. The Balaban J connectivity index is 1.45. The van der Waals surface area contributed by atoms with E-state index in [1.165, 1.54) is 19.3 Å². The molecule has 0 radical (unpaired) electrons. The highest BCUT2D eigenvalue weighted by Crippen LogP contribution is 2.70. The van der Waals surface area contributed by atoms with Gasteiger partial charge in [0.1, 0.15) is 0 Å². The maximum atomic E-state index is 12.8. The van der Waals surface area contributed by atoms with Crippen molar-refractivity contribution < 1.29 is 9.53 Å². The first-order valence-corrected chi connectivity index (χ1v) is 9.40. The third-order valence-corrected chi connectivity index (χ3v) is 7.40.